The van der Waals surface area contributed by atoms with Crippen LogP contribution in [0.3, 0.4) is 0 Å². The molecule has 0 rings (SSSR count). The van der Waals surface area contributed by atoms with E-state index in [-0.39, 0.29) is 0 Å². The minimum absolute atomic E-state index is 1.01. The highest BCUT2D eigenvalue weighted by molar-refractivity contribution is 4.34. The zero-order chi connectivity index (χ0) is 6.62. The van der Waals surface area contributed by atoms with Crippen molar-refractivity contribution in [2.45, 2.75) is 13.8 Å². The first-order chi connectivity index (χ1) is 3.68. The van der Waals surface area contributed by atoms with Crippen molar-refractivity contribution in [2.24, 2.45) is 0 Å². The van der Waals surface area contributed by atoms with Crippen LogP contribution in [0.5, 0.6) is 0 Å². The van der Waals surface area contributed by atoms with E-state index >= 15 is 0 Å². The van der Waals surface area contributed by atoms with Crippen LogP contribution in [0.25, 0.3) is 0 Å². The van der Waals surface area contributed by atoms with Gasteiger partial charge >= 0.3 is 0 Å². The van der Waals surface area contributed by atoms with Crippen LogP contribution >= 0.6 is 0 Å². The first-order valence-corrected chi connectivity index (χ1v) is 3.31. The minimum Gasteiger partial charge on any atom is -0.326 e. The van der Waals surface area contributed by atoms with Gasteiger partial charge < -0.3 is 4.48 Å². The molecular weight excluding hydrogens is 98.1 g/mol. The van der Waals surface area contributed by atoms with Gasteiger partial charge in [-0.05, 0) is 13.8 Å². The quantitative estimate of drug-likeness (QED) is 0.486. The van der Waals surface area contributed by atoms with E-state index < -0.39 is 0 Å². The molecule has 0 aromatic carbocycles. The molecule has 0 aliphatic heterocycles. The van der Waals surface area contributed by atoms with Crippen LogP contribution in [0.4, 0.5) is 0 Å². The number of hydrogen-bond donors (Lipinski definition) is 0. The predicted molar refractivity (Wildman–Crippen MR) is 37.5 cm³/mol. The van der Waals surface area contributed by atoms with Crippen molar-refractivity contribution in [3.63, 3.8) is 0 Å². The van der Waals surface area contributed by atoms with Gasteiger partial charge in [-0.3, -0.25) is 0 Å². The topological polar surface area (TPSA) is 0 Å². The summed E-state index contributed by atoms with van der Waals surface area (Å²) < 4.78 is 1.10. The highest BCUT2D eigenvalue weighted by Gasteiger charge is 2.10. The maximum Gasteiger partial charge on any atom is 0.0786 e. The smallest absolute Gasteiger partial charge is 0.0786 e. The van der Waals surface area contributed by atoms with Gasteiger partial charge in [0, 0.05) is 6.92 Å². The molecule has 0 atom stereocenters. The lowest BCUT2D eigenvalue weighted by Gasteiger charge is -2.30. The molecule has 1 radical (unpaired) electrons. The summed E-state index contributed by atoms with van der Waals surface area (Å²) in [6, 6.07) is 0. The molecule has 0 aliphatic carbocycles. The van der Waals surface area contributed by atoms with Gasteiger partial charge in [0.2, 0.25) is 0 Å². The van der Waals surface area contributed by atoms with E-state index in [4.69, 9.17) is 0 Å². The monoisotopic (exact) mass is 115 g/mol. The van der Waals surface area contributed by atoms with Crippen molar-refractivity contribution < 1.29 is 4.48 Å². The third-order valence-electron chi connectivity index (χ3n) is 2.07. The second-order valence-electron chi connectivity index (χ2n) is 2.48. The van der Waals surface area contributed by atoms with Gasteiger partial charge in [0.05, 0.1) is 26.7 Å². The largest absolute Gasteiger partial charge is 0.326 e. The molecule has 0 amide bonds. The van der Waals surface area contributed by atoms with Gasteiger partial charge in [-0.1, -0.05) is 0 Å². The average Bonchev–Trinajstić information content (AvgIpc) is 1.87. The Morgan fingerprint density at radius 1 is 1.25 bits per heavy atom. The lowest BCUT2D eigenvalue weighted by molar-refractivity contribution is -0.901. The summed E-state index contributed by atoms with van der Waals surface area (Å²) in [5.74, 6) is 0. The lowest BCUT2D eigenvalue weighted by Crippen LogP contribution is -2.43. The maximum absolute atomic E-state index is 3.87. The van der Waals surface area contributed by atoms with E-state index in [1.165, 1.54) is 13.1 Å². The van der Waals surface area contributed by atoms with E-state index in [0.29, 0.717) is 0 Å². The summed E-state index contributed by atoms with van der Waals surface area (Å²) >= 11 is 0. The molecule has 1 heteroatoms. The molecule has 0 N–H and O–H groups in total. The molecule has 0 aliphatic rings. The first kappa shape index (κ1) is 7.96. The van der Waals surface area contributed by atoms with Crippen LogP contribution in [0.2, 0.25) is 0 Å². The summed E-state index contributed by atoms with van der Waals surface area (Å²) in [5, 5.41) is 0. The number of quaternary nitrogens is 1. The van der Waals surface area contributed by atoms with E-state index in [1.54, 1.807) is 0 Å². The predicted octanol–water partition coefficient (Wildman–Crippen LogP) is 1.31. The molecule has 0 unspecified atom stereocenters. The molecule has 1 nitrogen and oxygen atoms in total. The second-order valence-corrected chi connectivity index (χ2v) is 2.48. The van der Waals surface area contributed by atoms with Crippen LogP contribution in [-0.4, -0.2) is 31.2 Å². The normalized spacial score (nSPS) is 12.0. The Hall–Kier alpha value is -0.0400. The fraction of sp³-hybridized carbons (Fsp3) is 0.857. The lowest BCUT2D eigenvalue weighted by atomic mass is 10.4. The summed E-state index contributed by atoms with van der Waals surface area (Å²) in [6.07, 6.45) is 0. The Bertz CT molecular complexity index is 47.1. The SMILES string of the molecule is [CH2]C[N+](C)(CC)CC. The number of rotatable bonds is 3. The van der Waals surface area contributed by atoms with E-state index in [9.17, 15) is 0 Å². The fourth-order valence-electron chi connectivity index (χ4n) is 0.540. The zero-order valence-electron chi connectivity index (χ0n) is 6.28. The van der Waals surface area contributed by atoms with Crippen LogP contribution in [0.15, 0.2) is 0 Å². The minimum atomic E-state index is 1.01. The van der Waals surface area contributed by atoms with Gasteiger partial charge in [-0.25, -0.2) is 0 Å². The third-order valence-corrected chi connectivity index (χ3v) is 2.07. The van der Waals surface area contributed by atoms with Crippen LogP contribution in [-0.2, 0) is 0 Å². The summed E-state index contributed by atoms with van der Waals surface area (Å²) in [6.45, 7) is 11.7. The van der Waals surface area contributed by atoms with Crippen LogP contribution < -0.4 is 0 Å². The van der Waals surface area contributed by atoms with Crippen molar-refractivity contribution in [2.75, 3.05) is 26.7 Å². The molecule has 0 saturated carbocycles. The molecule has 0 heterocycles. The fourth-order valence-corrected chi connectivity index (χ4v) is 0.540. The molecule has 8 heavy (non-hydrogen) atoms. The van der Waals surface area contributed by atoms with Gasteiger partial charge in [0.1, 0.15) is 0 Å². The molecule has 0 fully saturated rings. The Labute approximate surface area is 52.9 Å². The average molecular weight is 115 g/mol. The van der Waals surface area contributed by atoms with Crippen molar-refractivity contribution in [3.05, 3.63) is 6.92 Å². The molecule has 0 spiro atoms. The molecular formula is C7H17N+. The van der Waals surface area contributed by atoms with E-state index in [0.717, 1.165) is 11.0 Å². The molecule has 0 bridgehead atoms. The third kappa shape index (κ3) is 1.83. The highest BCUT2D eigenvalue weighted by Crippen LogP contribution is 1.97. The van der Waals surface area contributed by atoms with Gasteiger partial charge in [0.25, 0.3) is 0 Å². The van der Waals surface area contributed by atoms with Gasteiger partial charge in [-0.2, -0.15) is 0 Å². The Kier molecular flexibility index (Phi) is 3.06. The summed E-state index contributed by atoms with van der Waals surface area (Å²) in [5.41, 5.74) is 0. The molecule has 0 aromatic rings. The summed E-state index contributed by atoms with van der Waals surface area (Å²) in [4.78, 5) is 0. The molecule has 0 saturated heterocycles. The maximum atomic E-state index is 3.87. The van der Waals surface area contributed by atoms with Gasteiger partial charge in [-0.15, -0.1) is 0 Å². The Morgan fingerprint density at radius 3 is 1.62 bits per heavy atom. The van der Waals surface area contributed by atoms with Crippen molar-refractivity contribution in [1.29, 1.82) is 0 Å². The number of nitrogens with zero attached hydrogens (tertiary/aromatic N) is 1. The first-order valence-electron chi connectivity index (χ1n) is 3.31. The Balaban J connectivity index is 3.58. The van der Waals surface area contributed by atoms with Crippen LogP contribution in [0.1, 0.15) is 13.8 Å². The molecule has 0 aromatic heterocycles. The van der Waals surface area contributed by atoms with Crippen molar-refractivity contribution >= 4 is 0 Å². The van der Waals surface area contributed by atoms with E-state index in [1.807, 2.05) is 0 Å². The zero-order valence-corrected chi connectivity index (χ0v) is 6.28. The molecule has 49 valence electrons. The van der Waals surface area contributed by atoms with Crippen LogP contribution in [0, 0.1) is 6.92 Å². The standard InChI is InChI=1S/C7H17N/c1-5-8(4,6-2)7-3/h1,5-7H2,2-4H3/q+1. The van der Waals surface area contributed by atoms with Crippen molar-refractivity contribution in [3.8, 4) is 0 Å². The number of hydrogen-bond acceptors (Lipinski definition) is 0. The second kappa shape index (κ2) is 3.08. The summed E-state index contributed by atoms with van der Waals surface area (Å²) in [7, 11) is 2.23. The Morgan fingerprint density at radius 2 is 1.62 bits per heavy atom. The van der Waals surface area contributed by atoms with E-state index in [2.05, 4.69) is 27.8 Å². The highest BCUT2D eigenvalue weighted by atomic mass is 15.3. The van der Waals surface area contributed by atoms with Crippen molar-refractivity contribution in [1.82, 2.24) is 0 Å². The van der Waals surface area contributed by atoms with Gasteiger partial charge in [0.15, 0.2) is 0 Å².